The summed E-state index contributed by atoms with van der Waals surface area (Å²) in [4.78, 5) is 13.5. The van der Waals surface area contributed by atoms with E-state index in [1.807, 2.05) is 30.3 Å². The number of aromatic nitrogens is 1. The Morgan fingerprint density at radius 3 is 2.57 bits per heavy atom. The minimum atomic E-state index is -0.0489. The van der Waals surface area contributed by atoms with Crippen LogP contribution in [0.1, 0.15) is 5.56 Å². The zero-order valence-corrected chi connectivity index (χ0v) is 16.7. The standard InChI is InChI=1S/C23H19ClN2OS/c24-18-9-6-10-19(13-18)25-23(27)16-28-22-15-26(14-17-7-2-1-3-8-17)21-12-5-4-11-20(21)22/h1-13,15H,14,16H2,(H,25,27). The van der Waals surface area contributed by atoms with Crippen molar-refractivity contribution in [1.82, 2.24) is 4.57 Å². The number of nitrogens with one attached hydrogen (secondary N) is 1. The molecule has 0 aliphatic rings. The first-order valence-electron chi connectivity index (χ1n) is 8.99. The molecule has 0 fully saturated rings. The van der Waals surface area contributed by atoms with Gasteiger partial charge < -0.3 is 9.88 Å². The van der Waals surface area contributed by atoms with Crippen molar-refractivity contribution in [2.24, 2.45) is 0 Å². The van der Waals surface area contributed by atoms with E-state index < -0.39 is 0 Å². The average molecular weight is 407 g/mol. The van der Waals surface area contributed by atoms with Crippen LogP contribution in [-0.2, 0) is 11.3 Å². The summed E-state index contributed by atoms with van der Waals surface area (Å²) >= 11 is 7.52. The third kappa shape index (κ3) is 4.41. The van der Waals surface area contributed by atoms with Gasteiger partial charge in [-0.05, 0) is 29.8 Å². The van der Waals surface area contributed by atoms with Gasteiger partial charge in [-0.3, -0.25) is 4.79 Å². The molecule has 4 aromatic rings. The molecule has 0 unspecified atom stereocenters. The summed E-state index contributed by atoms with van der Waals surface area (Å²) in [7, 11) is 0. The lowest BCUT2D eigenvalue weighted by molar-refractivity contribution is -0.113. The van der Waals surface area contributed by atoms with Crippen molar-refractivity contribution in [2.75, 3.05) is 11.1 Å². The van der Waals surface area contributed by atoms with Crippen molar-refractivity contribution >= 4 is 45.9 Å². The van der Waals surface area contributed by atoms with Crippen LogP contribution in [0.2, 0.25) is 5.02 Å². The van der Waals surface area contributed by atoms with E-state index in [2.05, 4.69) is 52.5 Å². The molecular formula is C23H19ClN2OS. The number of amides is 1. The topological polar surface area (TPSA) is 34.0 Å². The van der Waals surface area contributed by atoms with Crippen LogP contribution in [0.3, 0.4) is 0 Å². The smallest absolute Gasteiger partial charge is 0.234 e. The molecule has 1 N–H and O–H groups in total. The molecule has 3 aromatic carbocycles. The molecule has 0 aliphatic heterocycles. The normalized spacial score (nSPS) is 10.9. The number of anilines is 1. The van der Waals surface area contributed by atoms with Crippen molar-refractivity contribution in [3.8, 4) is 0 Å². The molecule has 0 atom stereocenters. The number of para-hydroxylation sites is 1. The fourth-order valence-electron chi connectivity index (χ4n) is 3.15. The van der Waals surface area contributed by atoms with Gasteiger partial charge >= 0.3 is 0 Å². The highest BCUT2D eigenvalue weighted by Crippen LogP contribution is 2.30. The van der Waals surface area contributed by atoms with Gasteiger partial charge in [-0.2, -0.15) is 0 Å². The zero-order chi connectivity index (χ0) is 19.3. The predicted octanol–water partition coefficient (Wildman–Crippen LogP) is 6.07. The Morgan fingerprint density at radius 2 is 1.75 bits per heavy atom. The van der Waals surface area contributed by atoms with Gasteiger partial charge in [0.05, 0.1) is 5.75 Å². The lowest BCUT2D eigenvalue weighted by Crippen LogP contribution is -2.13. The molecule has 1 aromatic heterocycles. The van der Waals surface area contributed by atoms with E-state index in [1.165, 1.54) is 16.5 Å². The minimum Gasteiger partial charge on any atom is -0.342 e. The maximum Gasteiger partial charge on any atom is 0.234 e. The van der Waals surface area contributed by atoms with Crippen LogP contribution < -0.4 is 5.32 Å². The van der Waals surface area contributed by atoms with Crippen LogP contribution in [0.5, 0.6) is 0 Å². The third-order valence-electron chi connectivity index (χ3n) is 4.41. The number of nitrogens with zero attached hydrogens (tertiary/aromatic N) is 1. The van der Waals surface area contributed by atoms with E-state index in [-0.39, 0.29) is 5.91 Å². The lowest BCUT2D eigenvalue weighted by atomic mass is 10.2. The number of halogens is 1. The van der Waals surface area contributed by atoms with E-state index in [4.69, 9.17) is 11.6 Å². The maximum absolute atomic E-state index is 12.3. The second-order valence-electron chi connectivity index (χ2n) is 6.47. The summed E-state index contributed by atoms with van der Waals surface area (Å²) in [6.45, 7) is 0.802. The molecule has 4 rings (SSSR count). The van der Waals surface area contributed by atoms with Gasteiger partial charge in [0.1, 0.15) is 0 Å². The van der Waals surface area contributed by atoms with Gasteiger partial charge in [0, 0.05) is 39.3 Å². The molecule has 0 saturated heterocycles. The first-order valence-corrected chi connectivity index (χ1v) is 10.4. The number of carbonyl (C=O) groups is 1. The fourth-order valence-corrected chi connectivity index (χ4v) is 4.22. The molecule has 28 heavy (non-hydrogen) atoms. The number of carbonyl (C=O) groups excluding carboxylic acids is 1. The van der Waals surface area contributed by atoms with Crippen LogP contribution in [0.25, 0.3) is 10.9 Å². The van der Waals surface area contributed by atoms with Crippen molar-refractivity contribution in [3.63, 3.8) is 0 Å². The highest BCUT2D eigenvalue weighted by molar-refractivity contribution is 8.00. The highest BCUT2D eigenvalue weighted by atomic mass is 35.5. The van der Waals surface area contributed by atoms with Gasteiger partial charge in [0.2, 0.25) is 5.91 Å². The first-order chi connectivity index (χ1) is 13.7. The summed E-state index contributed by atoms with van der Waals surface area (Å²) < 4.78 is 2.24. The lowest BCUT2D eigenvalue weighted by Gasteiger charge is -2.05. The quantitative estimate of drug-likeness (QED) is 0.394. The molecule has 1 amide bonds. The molecule has 0 saturated carbocycles. The molecule has 5 heteroatoms. The maximum atomic E-state index is 12.3. The van der Waals surface area contributed by atoms with Gasteiger partial charge in [0.15, 0.2) is 0 Å². The molecule has 0 aliphatic carbocycles. The summed E-state index contributed by atoms with van der Waals surface area (Å²) in [6, 6.07) is 25.9. The van der Waals surface area contributed by atoms with E-state index in [1.54, 1.807) is 23.9 Å². The van der Waals surface area contributed by atoms with Gasteiger partial charge in [-0.15, -0.1) is 11.8 Å². The monoisotopic (exact) mass is 406 g/mol. The molecular weight excluding hydrogens is 388 g/mol. The third-order valence-corrected chi connectivity index (χ3v) is 5.69. The summed E-state index contributed by atoms with van der Waals surface area (Å²) in [5, 5.41) is 4.67. The van der Waals surface area contributed by atoms with Crippen LogP contribution in [0.15, 0.2) is 90.0 Å². The largest absolute Gasteiger partial charge is 0.342 e. The number of thioether (sulfide) groups is 1. The Kier molecular flexibility index (Phi) is 5.70. The minimum absolute atomic E-state index is 0.0489. The Bertz CT molecular complexity index is 1110. The van der Waals surface area contributed by atoms with E-state index in [0.717, 1.165) is 11.4 Å². The summed E-state index contributed by atoms with van der Waals surface area (Å²) in [6.07, 6.45) is 2.13. The second-order valence-corrected chi connectivity index (χ2v) is 7.92. The number of hydrogen-bond donors (Lipinski definition) is 1. The predicted molar refractivity (Wildman–Crippen MR) is 118 cm³/mol. The van der Waals surface area contributed by atoms with Crippen LogP contribution in [0, 0.1) is 0 Å². The molecule has 3 nitrogen and oxygen atoms in total. The number of benzene rings is 3. The number of rotatable bonds is 6. The van der Waals surface area contributed by atoms with Crippen molar-refractivity contribution in [1.29, 1.82) is 0 Å². The van der Waals surface area contributed by atoms with Crippen LogP contribution >= 0.6 is 23.4 Å². The van der Waals surface area contributed by atoms with Crippen LogP contribution in [-0.4, -0.2) is 16.2 Å². The van der Waals surface area contributed by atoms with Crippen LogP contribution in [0.4, 0.5) is 5.69 Å². The Balaban J connectivity index is 1.50. The van der Waals surface area contributed by atoms with E-state index in [9.17, 15) is 4.79 Å². The van der Waals surface area contributed by atoms with Gasteiger partial charge in [-0.1, -0.05) is 66.2 Å². The van der Waals surface area contributed by atoms with Crippen molar-refractivity contribution < 1.29 is 4.79 Å². The number of hydrogen-bond acceptors (Lipinski definition) is 2. The van der Waals surface area contributed by atoms with Gasteiger partial charge in [0.25, 0.3) is 0 Å². The first kappa shape index (κ1) is 18.7. The van der Waals surface area contributed by atoms with E-state index >= 15 is 0 Å². The van der Waals surface area contributed by atoms with E-state index in [0.29, 0.717) is 16.5 Å². The molecule has 1 heterocycles. The molecule has 0 bridgehead atoms. The Labute approximate surface area is 173 Å². The summed E-state index contributed by atoms with van der Waals surface area (Å²) in [5.74, 6) is 0.290. The fraction of sp³-hybridized carbons (Fsp3) is 0.0870. The molecule has 0 spiro atoms. The Morgan fingerprint density at radius 1 is 0.964 bits per heavy atom. The SMILES string of the molecule is O=C(CSc1cn(Cc2ccccc2)c2ccccc12)Nc1cccc(Cl)c1. The van der Waals surface area contributed by atoms with Crippen molar-refractivity contribution in [2.45, 2.75) is 11.4 Å². The highest BCUT2D eigenvalue weighted by Gasteiger charge is 2.11. The summed E-state index contributed by atoms with van der Waals surface area (Å²) in [5.41, 5.74) is 3.13. The number of fused-ring (bicyclic) bond motifs is 1. The Hall–Kier alpha value is -2.69. The molecule has 140 valence electrons. The zero-order valence-electron chi connectivity index (χ0n) is 15.1. The average Bonchev–Trinajstić information content (AvgIpc) is 3.05. The van der Waals surface area contributed by atoms with Gasteiger partial charge in [-0.25, -0.2) is 0 Å². The van der Waals surface area contributed by atoms with Crippen molar-refractivity contribution in [3.05, 3.63) is 95.6 Å². The molecule has 0 radical (unpaired) electrons. The second kappa shape index (κ2) is 8.55.